The predicted molar refractivity (Wildman–Crippen MR) is 151 cm³/mol. The normalized spacial score (nSPS) is 18.0. The van der Waals surface area contributed by atoms with Crippen LogP contribution in [0.3, 0.4) is 0 Å². The van der Waals surface area contributed by atoms with Crippen LogP contribution in [0, 0.1) is 5.41 Å². The number of carbonyl (C=O) groups is 1. The summed E-state index contributed by atoms with van der Waals surface area (Å²) < 4.78 is 19.0. The summed E-state index contributed by atoms with van der Waals surface area (Å²) in [5, 5.41) is 8.81. The van der Waals surface area contributed by atoms with Crippen molar-refractivity contribution < 1.29 is 23.8 Å². The first-order valence-electron chi connectivity index (χ1n) is 13.4. The Morgan fingerprint density at radius 2 is 1.88 bits per heavy atom. The molecule has 0 fully saturated rings. The number of Topliss-reactive ketones (excluding diaryl/α,β-unsaturated/α-hetero) is 1. The maximum Gasteiger partial charge on any atom is 0.228 e. The first kappa shape index (κ1) is 26.5. The molecule has 210 valence electrons. The van der Waals surface area contributed by atoms with Crippen LogP contribution in [0.4, 0.5) is 0 Å². The highest BCUT2D eigenvalue weighted by atomic mass is 16.6. The minimum atomic E-state index is -0.482. The number of rotatable bonds is 7. The number of methoxy groups -OCH3 is 2. The molecule has 0 amide bonds. The topological polar surface area (TPSA) is 109 Å². The van der Waals surface area contributed by atoms with E-state index in [4.69, 9.17) is 24.0 Å². The number of aromatic nitrogens is 4. The predicted octanol–water partition coefficient (Wildman–Crippen LogP) is 5.25. The third-order valence-corrected chi connectivity index (χ3v) is 7.43. The minimum Gasteiger partial charge on any atom is -0.493 e. The van der Waals surface area contributed by atoms with E-state index in [1.54, 1.807) is 25.1 Å². The Balaban J connectivity index is 1.43. The Labute approximate surface area is 237 Å². The molecule has 0 N–H and O–H groups in total. The summed E-state index contributed by atoms with van der Waals surface area (Å²) in [7, 11) is 3.18. The smallest absolute Gasteiger partial charge is 0.228 e. The quantitative estimate of drug-likeness (QED) is 0.226. The van der Waals surface area contributed by atoms with Gasteiger partial charge in [-0.05, 0) is 35.6 Å². The van der Waals surface area contributed by atoms with E-state index < -0.39 is 5.92 Å². The highest BCUT2D eigenvalue weighted by Gasteiger charge is 2.44. The van der Waals surface area contributed by atoms with Crippen molar-refractivity contribution in [2.24, 2.45) is 10.6 Å². The fourth-order valence-corrected chi connectivity index (χ4v) is 5.54. The van der Waals surface area contributed by atoms with Crippen LogP contribution in [0.5, 0.6) is 17.4 Å². The first-order valence-corrected chi connectivity index (χ1v) is 13.4. The molecule has 41 heavy (non-hydrogen) atoms. The van der Waals surface area contributed by atoms with Gasteiger partial charge in [-0.25, -0.2) is 14.5 Å². The van der Waals surface area contributed by atoms with Gasteiger partial charge in [0.2, 0.25) is 5.88 Å². The maximum atomic E-state index is 13.7. The standard InChI is InChI=1S/C31H31N5O5/c1-18(19-9-7-6-8-10-19)35-40-16-25-33-29-28-26(20-11-12-22(38-4)23(13-20)39-5)27-21(37)14-31(2,3)15-24(27)41-30(28)32-17-36(29)34-25/h6-13,17,26H,14-16H2,1-5H3/b35-18+/t26-/m1/s1. The molecule has 2 aliphatic rings. The molecule has 0 unspecified atom stereocenters. The zero-order valence-corrected chi connectivity index (χ0v) is 23.7. The second kappa shape index (κ2) is 10.3. The molecule has 10 heteroatoms. The van der Waals surface area contributed by atoms with Crippen LogP contribution in [0.1, 0.15) is 62.0 Å². The molecule has 3 heterocycles. The largest absolute Gasteiger partial charge is 0.493 e. The molecule has 0 bridgehead atoms. The molecule has 1 aliphatic carbocycles. The van der Waals surface area contributed by atoms with Gasteiger partial charge in [0.1, 0.15) is 12.1 Å². The Kier molecular flexibility index (Phi) is 6.69. The van der Waals surface area contributed by atoms with Gasteiger partial charge in [0.25, 0.3) is 0 Å². The molecule has 2 aromatic heterocycles. The van der Waals surface area contributed by atoms with Gasteiger partial charge in [0, 0.05) is 18.4 Å². The van der Waals surface area contributed by atoms with Crippen LogP contribution in [0.25, 0.3) is 5.65 Å². The number of ether oxygens (including phenoxy) is 3. The van der Waals surface area contributed by atoms with Gasteiger partial charge < -0.3 is 19.0 Å². The highest BCUT2D eigenvalue weighted by Crippen LogP contribution is 2.51. The second-order valence-electron chi connectivity index (χ2n) is 11.0. The molecule has 1 aliphatic heterocycles. The highest BCUT2D eigenvalue weighted by molar-refractivity contribution is 6.00. The average Bonchev–Trinajstić information content (AvgIpc) is 3.38. The van der Waals surface area contributed by atoms with Crippen LogP contribution in [-0.2, 0) is 16.2 Å². The SMILES string of the molecule is COc1ccc([C@@H]2C3=C(CC(C)(C)CC3=O)Oc3ncn4nc(CO/N=C(\C)c5ccccc5)nc4c32)cc1OC. The zero-order chi connectivity index (χ0) is 28.7. The molecule has 2 aromatic carbocycles. The van der Waals surface area contributed by atoms with E-state index in [-0.39, 0.29) is 17.8 Å². The van der Waals surface area contributed by atoms with Crippen molar-refractivity contribution in [2.75, 3.05) is 14.2 Å². The summed E-state index contributed by atoms with van der Waals surface area (Å²) in [5.41, 5.74) is 4.13. The van der Waals surface area contributed by atoms with Crippen LogP contribution in [-0.4, -0.2) is 45.3 Å². The van der Waals surface area contributed by atoms with Gasteiger partial charge in [-0.2, -0.15) is 0 Å². The van der Waals surface area contributed by atoms with E-state index >= 15 is 0 Å². The van der Waals surface area contributed by atoms with Crippen molar-refractivity contribution in [2.45, 2.75) is 46.1 Å². The number of hydrogen-bond donors (Lipinski definition) is 0. The lowest BCUT2D eigenvalue weighted by Crippen LogP contribution is -2.33. The zero-order valence-electron chi connectivity index (χ0n) is 23.7. The summed E-state index contributed by atoms with van der Waals surface area (Å²) >= 11 is 0. The van der Waals surface area contributed by atoms with E-state index in [1.807, 2.05) is 55.5 Å². The summed E-state index contributed by atoms with van der Waals surface area (Å²) in [6.07, 6.45) is 2.60. The van der Waals surface area contributed by atoms with Crippen molar-refractivity contribution >= 4 is 17.1 Å². The monoisotopic (exact) mass is 553 g/mol. The fourth-order valence-electron chi connectivity index (χ4n) is 5.54. The van der Waals surface area contributed by atoms with Crippen molar-refractivity contribution in [3.63, 3.8) is 0 Å². The Bertz CT molecular complexity index is 1710. The third-order valence-electron chi connectivity index (χ3n) is 7.43. The number of oxime groups is 1. The molecular formula is C31H31N5O5. The Morgan fingerprint density at radius 3 is 2.63 bits per heavy atom. The van der Waals surface area contributed by atoms with Crippen LogP contribution in [0.15, 0.2) is 71.3 Å². The number of fused-ring (bicyclic) bond motifs is 3. The summed E-state index contributed by atoms with van der Waals surface area (Å²) in [6, 6.07) is 15.4. The van der Waals surface area contributed by atoms with E-state index in [2.05, 4.69) is 29.1 Å². The molecule has 0 saturated carbocycles. The molecular weight excluding hydrogens is 522 g/mol. The van der Waals surface area contributed by atoms with E-state index in [0.717, 1.165) is 16.8 Å². The first-order chi connectivity index (χ1) is 19.8. The van der Waals surface area contributed by atoms with E-state index in [0.29, 0.717) is 58.6 Å². The Hall–Kier alpha value is -4.73. The molecule has 1 atom stereocenters. The molecule has 0 saturated heterocycles. The van der Waals surface area contributed by atoms with E-state index in [9.17, 15) is 4.79 Å². The summed E-state index contributed by atoms with van der Waals surface area (Å²) in [4.78, 5) is 28.7. The van der Waals surface area contributed by atoms with E-state index in [1.165, 1.54) is 0 Å². The van der Waals surface area contributed by atoms with Gasteiger partial charge >= 0.3 is 0 Å². The molecule has 6 rings (SSSR count). The lowest BCUT2D eigenvalue weighted by Gasteiger charge is -2.37. The van der Waals surface area contributed by atoms with Gasteiger partial charge in [-0.15, -0.1) is 5.10 Å². The molecule has 10 nitrogen and oxygen atoms in total. The maximum absolute atomic E-state index is 13.7. The number of hydrogen-bond acceptors (Lipinski definition) is 9. The van der Waals surface area contributed by atoms with Crippen LogP contribution in [0.2, 0.25) is 0 Å². The van der Waals surface area contributed by atoms with Crippen molar-refractivity contribution in [1.82, 2.24) is 19.6 Å². The minimum absolute atomic E-state index is 0.0393. The molecule has 0 spiro atoms. The van der Waals surface area contributed by atoms with Crippen molar-refractivity contribution in [3.05, 3.63) is 88.7 Å². The van der Waals surface area contributed by atoms with Gasteiger partial charge in [0.15, 0.2) is 35.4 Å². The fraction of sp³-hybridized carbons (Fsp3) is 0.323. The third kappa shape index (κ3) is 4.90. The Morgan fingerprint density at radius 1 is 1.10 bits per heavy atom. The van der Waals surface area contributed by atoms with Crippen LogP contribution >= 0.6 is 0 Å². The summed E-state index contributed by atoms with van der Waals surface area (Å²) in [5.74, 6) is 2.18. The average molecular weight is 554 g/mol. The molecule has 4 aromatic rings. The number of carbonyl (C=O) groups excluding carboxylic acids is 1. The van der Waals surface area contributed by atoms with Crippen molar-refractivity contribution in [1.29, 1.82) is 0 Å². The molecule has 0 radical (unpaired) electrons. The number of allylic oxidation sites excluding steroid dienone is 2. The lowest BCUT2D eigenvalue weighted by atomic mass is 9.70. The van der Waals surface area contributed by atoms with Gasteiger partial charge in [-0.1, -0.05) is 55.4 Å². The summed E-state index contributed by atoms with van der Waals surface area (Å²) in [6.45, 7) is 6.08. The number of nitrogens with zero attached hydrogens (tertiary/aromatic N) is 5. The number of ketones is 1. The number of benzene rings is 2. The van der Waals surface area contributed by atoms with Crippen LogP contribution < -0.4 is 14.2 Å². The van der Waals surface area contributed by atoms with Gasteiger partial charge in [0.05, 0.1) is 31.4 Å². The van der Waals surface area contributed by atoms with Gasteiger partial charge in [-0.3, -0.25) is 4.79 Å². The second-order valence-corrected chi connectivity index (χ2v) is 11.0. The van der Waals surface area contributed by atoms with Crippen molar-refractivity contribution in [3.8, 4) is 17.4 Å². The lowest BCUT2D eigenvalue weighted by molar-refractivity contribution is -0.118.